The van der Waals surface area contributed by atoms with Crippen molar-refractivity contribution >= 4 is 10.9 Å². The number of hydrogen-bond acceptors (Lipinski definition) is 2. The number of nitrogens with zero attached hydrogens (tertiary/aromatic N) is 1. The maximum atomic E-state index is 10.2. The Hall–Kier alpha value is -1.48. The molecule has 2 rings (SSSR count). The average molecular weight is 233 g/mol. The molecule has 2 aromatic rings. The van der Waals surface area contributed by atoms with E-state index in [1.54, 1.807) is 21.0 Å². The number of fused-ring (bicyclic) bond motifs is 1. The lowest BCUT2D eigenvalue weighted by atomic mass is 10.1. The molecule has 0 atom stereocenters. The summed E-state index contributed by atoms with van der Waals surface area (Å²) in [5, 5.41) is 11.3. The molecule has 92 valence electrons. The number of rotatable bonds is 3. The summed E-state index contributed by atoms with van der Waals surface area (Å²) in [6.07, 6.45) is 0. The molecule has 0 aliphatic heterocycles. The Kier molecular flexibility index (Phi) is 2.87. The molecule has 0 saturated heterocycles. The van der Waals surface area contributed by atoms with Crippen molar-refractivity contribution in [1.29, 1.82) is 0 Å². The zero-order chi connectivity index (χ0) is 12.6. The van der Waals surface area contributed by atoms with Gasteiger partial charge in [-0.15, -0.1) is 0 Å². The van der Waals surface area contributed by atoms with Crippen LogP contribution < -0.4 is 4.74 Å². The molecule has 0 radical (unpaired) electrons. The Morgan fingerprint density at radius 2 is 2.06 bits per heavy atom. The quantitative estimate of drug-likeness (QED) is 0.884. The molecule has 0 bridgehead atoms. The Morgan fingerprint density at radius 3 is 2.59 bits per heavy atom. The average Bonchev–Trinajstić information content (AvgIpc) is 2.66. The van der Waals surface area contributed by atoms with Gasteiger partial charge in [-0.3, -0.25) is 0 Å². The highest BCUT2D eigenvalue weighted by Crippen LogP contribution is 2.33. The second-order valence-electron chi connectivity index (χ2n) is 4.73. The van der Waals surface area contributed by atoms with E-state index in [1.807, 2.05) is 18.2 Å². The van der Waals surface area contributed by atoms with Crippen molar-refractivity contribution in [3.63, 3.8) is 0 Å². The molecule has 0 saturated carbocycles. The molecular formula is C14H19NO2. The molecule has 0 amide bonds. The molecule has 1 aromatic heterocycles. The fourth-order valence-electron chi connectivity index (χ4n) is 2.28. The van der Waals surface area contributed by atoms with E-state index >= 15 is 0 Å². The van der Waals surface area contributed by atoms with E-state index in [0.29, 0.717) is 0 Å². The fraction of sp³-hybridized carbons (Fsp3) is 0.429. The molecule has 17 heavy (non-hydrogen) atoms. The highest BCUT2D eigenvalue weighted by Gasteiger charge is 2.23. The summed E-state index contributed by atoms with van der Waals surface area (Å²) in [5.41, 5.74) is 1.17. The van der Waals surface area contributed by atoms with Crippen molar-refractivity contribution in [2.45, 2.75) is 32.9 Å². The van der Waals surface area contributed by atoms with E-state index < -0.39 is 5.60 Å². The Balaban J connectivity index is 2.79. The van der Waals surface area contributed by atoms with Gasteiger partial charge < -0.3 is 14.4 Å². The van der Waals surface area contributed by atoms with Crippen molar-refractivity contribution in [3.05, 3.63) is 30.0 Å². The first-order chi connectivity index (χ1) is 7.99. The molecule has 0 spiro atoms. The van der Waals surface area contributed by atoms with Crippen LogP contribution in [0.1, 0.15) is 26.5 Å². The highest BCUT2D eigenvalue weighted by atomic mass is 16.5. The standard InChI is InChI=1S/C14H19NO2/c1-5-15-11-7-6-8-12(17-4)10(11)9-13(15)14(2,3)16/h6-9,16H,5H2,1-4H3. The summed E-state index contributed by atoms with van der Waals surface area (Å²) in [4.78, 5) is 0. The van der Waals surface area contributed by atoms with Crippen LogP contribution in [0.25, 0.3) is 10.9 Å². The maximum absolute atomic E-state index is 10.2. The van der Waals surface area contributed by atoms with Gasteiger partial charge in [0.05, 0.1) is 23.9 Å². The van der Waals surface area contributed by atoms with Crippen LogP contribution >= 0.6 is 0 Å². The normalized spacial score (nSPS) is 12.1. The van der Waals surface area contributed by atoms with E-state index in [9.17, 15) is 5.11 Å². The Labute approximate surface area is 102 Å². The third-order valence-corrected chi connectivity index (χ3v) is 3.07. The second-order valence-corrected chi connectivity index (χ2v) is 4.73. The van der Waals surface area contributed by atoms with E-state index in [2.05, 4.69) is 17.6 Å². The second kappa shape index (κ2) is 4.08. The first-order valence-electron chi connectivity index (χ1n) is 5.88. The molecule has 3 nitrogen and oxygen atoms in total. The molecule has 1 heterocycles. The Morgan fingerprint density at radius 1 is 1.35 bits per heavy atom. The minimum atomic E-state index is -0.847. The Bertz CT molecular complexity index is 535. The molecule has 0 unspecified atom stereocenters. The van der Waals surface area contributed by atoms with Gasteiger partial charge in [-0.2, -0.15) is 0 Å². The van der Waals surface area contributed by atoms with Crippen LogP contribution in [0.2, 0.25) is 0 Å². The summed E-state index contributed by atoms with van der Waals surface area (Å²) in [6, 6.07) is 7.98. The third-order valence-electron chi connectivity index (χ3n) is 3.07. The van der Waals surface area contributed by atoms with Crippen molar-refractivity contribution in [3.8, 4) is 5.75 Å². The summed E-state index contributed by atoms with van der Waals surface area (Å²) in [5.74, 6) is 0.847. The van der Waals surface area contributed by atoms with E-state index in [-0.39, 0.29) is 0 Å². The van der Waals surface area contributed by atoms with Gasteiger partial charge in [0.1, 0.15) is 5.75 Å². The smallest absolute Gasteiger partial charge is 0.128 e. The topological polar surface area (TPSA) is 34.4 Å². The number of aryl methyl sites for hydroxylation is 1. The van der Waals surface area contributed by atoms with Crippen LogP contribution in [-0.4, -0.2) is 16.8 Å². The van der Waals surface area contributed by atoms with Crippen LogP contribution in [0.3, 0.4) is 0 Å². The third kappa shape index (κ3) is 1.91. The lowest BCUT2D eigenvalue weighted by molar-refractivity contribution is 0.0704. The number of hydrogen-bond donors (Lipinski definition) is 1. The zero-order valence-corrected chi connectivity index (χ0v) is 10.8. The lowest BCUT2D eigenvalue weighted by Crippen LogP contribution is -2.20. The number of ether oxygens (including phenoxy) is 1. The minimum absolute atomic E-state index is 0.829. The van der Waals surface area contributed by atoms with Crippen LogP contribution in [0.15, 0.2) is 24.3 Å². The van der Waals surface area contributed by atoms with Gasteiger partial charge >= 0.3 is 0 Å². The van der Waals surface area contributed by atoms with Gasteiger partial charge in [-0.25, -0.2) is 0 Å². The van der Waals surface area contributed by atoms with Crippen LogP contribution in [-0.2, 0) is 12.1 Å². The van der Waals surface area contributed by atoms with E-state index in [4.69, 9.17) is 4.74 Å². The van der Waals surface area contributed by atoms with Gasteiger partial charge in [0.2, 0.25) is 0 Å². The lowest BCUT2D eigenvalue weighted by Gasteiger charge is -2.19. The minimum Gasteiger partial charge on any atom is -0.496 e. The number of benzene rings is 1. The zero-order valence-electron chi connectivity index (χ0n) is 10.8. The predicted molar refractivity (Wildman–Crippen MR) is 69.4 cm³/mol. The molecule has 3 heteroatoms. The molecule has 0 aliphatic rings. The van der Waals surface area contributed by atoms with Crippen LogP contribution in [0.5, 0.6) is 5.75 Å². The van der Waals surface area contributed by atoms with Crippen LogP contribution in [0, 0.1) is 0 Å². The maximum Gasteiger partial charge on any atom is 0.128 e. The van der Waals surface area contributed by atoms with Crippen molar-refractivity contribution in [2.24, 2.45) is 0 Å². The molecular weight excluding hydrogens is 214 g/mol. The van der Waals surface area contributed by atoms with E-state index in [1.165, 1.54) is 0 Å². The summed E-state index contributed by atoms with van der Waals surface area (Å²) in [7, 11) is 1.67. The predicted octanol–water partition coefficient (Wildman–Crippen LogP) is 2.90. The van der Waals surface area contributed by atoms with Crippen LogP contribution in [0.4, 0.5) is 0 Å². The van der Waals surface area contributed by atoms with Gasteiger partial charge in [0.25, 0.3) is 0 Å². The molecule has 1 aromatic carbocycles. The fourth-order valence-corrected chi connectivity index (χ4v) is 2.28. The molecule has 1 N–H and O–H groups in total. The first kappa shape index (κ1) is 12.0. The van der Waals surface area contributed by atoms with Gasteiger partial charge in [0, 0.05) is 11.9 Å². The summed E-state index contributed by atoms with van der Waals surface area (Å²) in [6.45, 7) is 6.52. The molecule has 0 aliphatic carbocycles. The monoisotopic (exact) mass is 233 g/mol. The van der Waals surface area contributed by atoms with Gasteiger partial charge in [0.15, 0.2) is 0 Å². The van der Waals surface area contributed by atoms with Gasteiger partial charge in [-0.05, 0) is 39.0 Å². The van der Waals surface area contributed by atoms with Crippen molar-refractivity contribution in [1.82, 2.24) is 4.57 Å². The number of aromatic nitrogens is 1. The van der Waals surface area contributed by atoms with Gasteiger partial charge in [-0.1, -0.05) is 6.07 Å². The number of aliphatic hydroxyl groups is 1. The number of methoxy groups -OCH3 is 1. The summed E-state index contributed by atoms with van der Waals surface area (Å²) < 4.78 is 7.48. The SMILES string of the molecule is CCn1c(C(C)(C)O)cc2c(OC)cccc21. The summed E-state index contributed by atoms with van der Waals surface area (Å²) >= 11 is 0. The van der Waals surface area contributed by atoms with Crippen molar-refractivity contribution in [2.75, 3.05) is 7.11 Å². The molecule has 0 fully saturated rings. The largest absolute Gasteiger partial charge is 0.496 e. The van der Waals surface area contributed by atoms with Crippen molar-refractivity contribution < 1.29 is 9.84 Å². The van der Waals surface area contributed by atoms with E-state index in [0.717, 1.165) is 28.9 Å². The highest BCUT2D eigenvalue weighted by molar-refractivity contribution is 5.87. The first-order valence-corrected chi connectivity index (χ1v) is 5.88.